The molecule has 1 aromatic rings. The minimum absolute atomic E-state index is 0.588. The van der Waals surface area contributed by atoms with E-state index in [1.807, 2.05) is 0 Å². The van der Waals surface area contributed by atoms with Gasteiger partial charge < -0.3 is 5.73 Å². The van der Waals surface area contributed by atoms with Crippen molar-refractivity contribution in [3.63, 3.8) is 0 Å². The van der Waals surface area contributed by atoms with Crippen molar-refractivity contribution in [3.05, 3.63) is 34.9 Å². The summed E-state index contributed by atoms with van der Waals surface area (Å²) in [5, 5.41) is 0. The molecular weight excluding hydrogens is 204 g/mol. The molecule has 0 saturated carbocycles. The molecule has 0 unspecified atom stereocenters. The van der Waals surface area contributed by atoms with Gasteiger partial charge in [-0.2, -0.15) is 0 Å². The van der Waals surface area contributed by atoms with E-state index in [1.165, 1.54) is 11.1 Å². The van der Waals surface area contributed by atoms with Gasteiger partial charge in [0, 0.05) is 12.0 Å². The first-order chi connectivity index (χ1) is 7.22. The highest BCUT2D eigenvalue weighted by Gasteiger charge is 2.17. The highest BCUT2D eigenvalue weighted by atomic mass is 32.1. The van der Waals surface area contributed by atoms with Gasteiger partial charge in [0.1, 0.15) is 10.8 Å². The molecule has 0 fully saturated rings. The third kappa shape index (κ3) is 1.92. The van der Waals surface area contributed by atoms with Crippen molar-refractivity contribution in [3.8, 4) is 0 Å². The molecule has 2 rings (SSSR count). The lowest BCUT2D eigenvalue weighted by molar-refractivity contribution is 0.915. The molecule has 1 aliphatic heterocycles. The zero-order chi connectivity index (χ0) is 10.8. The first kappa shape index (κ1) is 10.3. The summed E-state index contributed by atoms with van der Waals surface area (Å²) in [5.41, 5.74) is 9.56. The summed E-state index contributed by atoms with van der Waals surface area (Å²) in [5.74, 6) is 0.588. The van der Waals surface area contributed by atoms with E-state index in [0.717, 1.165) is 24.8 Å². The van der Waals surface area contributed by atoms with Gasteiger partial charge in [-0.05, 0) is 17.5 Å². The van der Waals surface area contributed by atoms with Crippen LogP contribution >= 0.6 is 12.2 Å². The maximum absolute atomic E-state index is 5.93. The zero-order valence-electron chi connectivity index (χ0n) is 8.79. The third-order valence-corrected chi connectivity index (χ3v) is 2.83. The first-order valence-electron chi connectivity index (χ1n) is 5.20. The summed E-state index contributed by atoms with van der Waals surface area (Å²) in [6.07, 6.45) is 2.92. The van der Waals surface area contributed by atoms with Gasteiger partial charge in [0.15, 0.2) is 0 Å². The molecule has 2 N–H and O–H groups in total. The minimum Gasteiger partial charge on any atom is -0.383 e. The van der Waals surface area contributed by atoms with Crippen LogP contribution in [0.15, 0.2) is 23.2 Å². The van der Waals surface area contributed by atoms with Gasteiger partial charge in [-0.3, -0.25) is 0 Å². The van der Waals surface area contributed by atoms with Crippen molar-refractivity contribution in [1.29, 1.82) is 0 Å². The van der Waals surface area contributed by atoms with Gasteiger partial charge in [0.05, 0.1) is 0 Å². The van der Waals surface area contributed by atoms with Crippen molar-refractivity contribution in [2.75, 3.05) is 0 Å². The van der Waals surface area contributed by atoms with Gasteiger partial charge in [-0.25, -0.2) is 4.99 Å². The lowest BCUT2D eigenvalue weighted by atomic mass is 9.93. The molecular formula is C12H14N2S. The second kappa shape index (κ2) is 4.11. The highest BCUT2D eigenvalue weighted by molar-refractivity contribution is 7.80. The van der Waals surface area contributed by atoms with Gasteiger partial charge in [-0.15, -0.1) is 0 Å². The number of benzene rings is 1. The quantitative estimate of drug-likeness (QED) is 0.773. The van der Waals surface area contributed by atoms with Crippen molar-refractivity contribution in [2.24, 2.45) is 10.7 Å². The van der Waals surface area contributed by atoms with E-state index in [0.29, 0.717) is 10.8 Å². The summed E-state index contributed by atoms with van der Waals surface area (Å²) >= 11 is 5.10. The molecule has 1 heterocycles. The van der Waals surface area contributed by atoms with Gasteiger partial charge in [0.2, 0.25) is 0 Å². The standard InChI is InChI=1S/C12H14N2S/c1-2-4-8-5-3-6-9-7-10(15)14-12(13)11(8)9/h3,5-6H,2,4,7H2,1H3,(H2,13,14,15). The molecule has 3 heteroatoms. The number of nitrogens with two attached hydrogens (primary N) is 1. The number of amidine groups is 1. The fourth-order valence-electron chi connectivity index (χ4n) is 2.00. The number of aryl methyl sites for hydroxylation is 1. The first-order valence-corrected chi connectivity index (χ1v) is 5.61. The summed E-state index contributed by atoms with van der Waals surface area (Å²) in [6.45, 7) is 2.17. The Labute approximate surface area is 95.2 Å². The van der Waals surface area contributed by atoms with Crippen molar-refractivity contribution in [2.45, 2.75) is 26.2 Å². The second-order valence-electron chi connectivity index (χ2n) is 3.77. The highest BCUT2D eigenvalue weighted by Crippen LogP contribution is 2.21. The summed E-state index contributed by atoms with van der Waals surface area (Å²) in [7, 11) is 0. The molecule has 1 aromatic carbocycles. The Morgan fingerprint density at radius 3 is 3.00 bits per heavy atom. The van der Waals surface area contributed by atoms with Crippen LogP contribution in [0, 0.1) is 0 Å². The van der Waals surface area contributed by atoms with Crippen LogP contribution in [0.5, 0.6) is 0 Å². The van der Waals surface area contributed by atoms with E-state index in [9.17, 15) is 0 Å². The van der Waals surface area contributed by atoms with E-state index >= 15 is 0 Å². The largest absolute Gasteiger partial charge is 0.383 e. The maximum Gasteiger partial charge on any atom is 0.132 e. The Bertz CT molecular complexity index is 435. The van der Waals surface area contributed by atoms with Gasteiger partial charge in [0.25, 0.3) is 0 Å². The van der Waals surface area contributed by atoms with Gasteiger partial charge >= 0.3 is 0 Å². The number of fused-ring (bicyclic) bond motifs is 1. The predicted molar refractivity (Wildman–Crippen MR) is 67.5 cm³/mol. The molecule has 0 radical (unpaired) electrons. The molecule has 0 bridgehead atoms. The number of aliphatic imine (C=N–C) groups is 1. The van der Waals surface area contributed by atoms with E-state index in [1.54, 1.807) is 0 Å². The number of hydrogen-bond donors (Lipinski definition) is 1. The lowest BCUT2D eigenvalue weighted by Gasteiger charge is -2.17. The smallest absolute Gasteiger partial charge is 0.132 e. The van der Waals surface area contributed by atoms with E-state index in [4.69, 9.17) is 18.0 Å². The number of thiocarbonyl (C=S) groups is 1. The average molecular weight is 218 g/mol. The van der Waals surface area contributed by atoms with Crippen LogP contribution in [0.3, 0.4) is 0 Å². The molecule has 1 aliphatic rings. The predicted octanol–water partition coefficient (Wildman–Crippen LogP) is 2.23. The average Bonchev–Trinajstić information content (AvgIpc) is 2.17. The topological polar surface area (TPSA) is 38.4 Å². The molecule has 0 saturated heterocycles. The molecule has 2 nitrogen and oxygen atoms in total. The van der Waals surface area contributed by atoms with E-state index < -0.39 is 0 Å². The maximum atomic E-state index is 5.93. The van der Waals surface area contributed by atoms with Crippen LogP contribution < -0.4 is 5.73 Å². The third-order valence-electron chi connectivity index (χ3n) is 2.60. The monoisotopic (exact) mass is 218 g/mol. The van der Waals surface area contributed by atoms with Gasteiger partial charge in [-0.1, -0.05) is 43.8 Å². The van der Waals surface area contributed by atoms with Crippen LogP contribution in [0.2, 0.25) is 0 Å². The minimum atomic E-state index is 0.588. The summed E-state index contributed by atoms with van der Waals surface area (Å²) in [4.78, 5) is 4.88. The normalized spacial score (nSPS) is 14.7. The fourth-order valence-corrected chi connectivity index (χ4v) is 2.25. The van der Waals surface area contributed by atoms with Crippen molar-refractivity contribution >= 4 is 23.0 Å². The van der Waals surface area contributed by atoms with Crippen LogP contribution in [-0.4, -0.2) is 10.8 Å². The molecule has 15 heavy (non-hydrogen) atoms. The van der Waals surface area contributed by atoms with Crippen molar-refractivity contribution in [1.82, 2.24) is 0 Å². The summed E-state index contributed by atoms with van der Waals surface area (Å²) < 4.78 is 0. The van der Waals surface area contributed by atoms with Crippen molar-refractivity contribution < 1.29 is 0 Å². The summed E-state index contributed by atoms with van der Waals surface area (Å²) in [6, 6.07) is 6.28. The number of hydrogen-bond acceptors (Lipinski definition) is 2. The Hall–Kier alpha value is -1.22. The van der Waals surface area contributed by atoms with Crippen LogP contribution in [0.25, 0.3) is 0 Å². The number of rotatable bonds is 2. The zero-order valence-corrected chi connectivity index (χ0v) is 9.60. The SMILES string of the molecule is CCCc1cccc2c1C(N)=NC(=S)C2. The molecule has 0 aliphatic carbocycles. The van der Waals surface area contributed by atoms with Crippen LogP contribution in [0.4, 0.5) is 0 Å². The Morgan fingerprint density at radius 1 is 1.47 bits per heavy atom. The lowest BCUT2D eigenvalue weighted by Crippen LogP contribution is -2.24. The molecule has 0 amide bonds. The Balaban J connectivity index is 2.53. The molecule has 0 atom stereocenters. The van der Waals surface area contributed by atoms with Crippen LogP contribution in [-0.2, 0) is 12.8 Å². The van der Waals surface area contributed by atoms with E-state index in [2.05, 4.69) is 30.1 Å². The van der Waals surface area contributed by atoms with E-state index in [-0.39, 0.29) is 0 Å². The molecule has 78 valence electrons. The fraction of sp³-hybridized carbons (Fsp3) is 0.333. The Kier molecular flexibility index (Phi) is 2.82. The number of nitrogens with zero attached hydrogens (tertiary/aromatic N) is 1. The molecule has 0 aromatic heterocycles. The Morgan fingerprint density at radius 2 is 2.27 bits per heavy atom. The molecule has 0 spiro atoms. The second-order valence-corrected chi connectivity index (χ2v) is 4.24. The van der Waals surface area contributed by atoms with Crippen LogP contribution in [0.1, 0.15) is 30.0 Å².